The number of nitrogens with zero attached hydrogens (tertiary/aromatic N) is 3. The number of non-ortho nitro benzene ring substituents is 1. The van der Waals surface area contributed by atoms with Gasteiger partial charge < -0.3 is 10.6 Å². The van der Waals surface area contributed by atoms with Crippen LogP contribution in [0.25, 0.3) is 0 Å². The molecule has 2 unspecified atom stereocenters. The lowest BCUT2D eigenvalue weighted by Gasteiger charge is -2.36. The van der Waals surface area contributed by atoms with Gasteiger partial charge in [-0.15, -0.1) is 0 Å². The van der Waals surface area contributed by atoms with E-state index in [1.807, 2.05) is 11.0 Å². The molecular formula is C13H16N4O2. The molecule has 0 saturated carbocycles. The zero-order valence-electron chi connectivity index (χ0n) is 10.7. The number of piperidine rings is 1. The summed E-state index contributed by atoms with van der Waals surface area (Å²) in [7, 11) is 0. The van der Waals surface area contributed by atoms with E-state index in [1.165, 1.54) is 12.1 Å². The van der Waals surface area contributed by atoms with Crippen LogP contribution in [0, 0.1) is 27.4 Å². The molecule has 6 nitrogen and oxygen atoms in total. The summed E-state index contributed by atoms with van der Waals surface area (Å²) in [5.74, 6) is 0.450. The molecule has 1 aliphatic rings. The van der Waals surface area contributed by atoms with Gasteiger partial charge in [-0.05, 0) is 18.4 Å². The van der Waals surface area contributed by atoms with Gasteiger partial charge in [0.05, 0.1) is 16.2 Å². The van der Waals surface area contributed by atoms with Gasteiger partial charge in [0, 0.05) is 31.3 Å². The summed E-state index contributed by atoms with van der Waals surface area (Å²) in [5, 5.41) is 19.9. The van der Waals surface area contributed by atoms with Crippen LogP contribution in [0.5, 0.6) is 0 Å². The fourth-order valence-corrected chi connectivity index (χ4v) is 2.60. The smallest absolute Gasteiger partial charge is 0.270 e. The maximum absolute atomic E-state index is 10.7. The van der Waals surface area contributed by atoms with Crippen molar-refractivity contribution in [2.75, 3.05) is 18.0 Å². The highest BCUT2D eigenvalue weighted by Gasteiger charge is 2.24. The Bertz CT molecular complexity index is 528. The number of nitrogens with two attached hydrogens (primary N) is 1. The average molecular weight is 260 g/mol. The molecule has 1 aromatic carbocycles. The molecule has 0 aromatic heterocycles. The lowest BCUT2D eigenvalue weighted by Crippen LogP contribution is -2.46. The zero-order chi connectivity index (χ0) is 14.0. The number of benzene rings is 1. The van der Waals surface area contributed by atoms with Gasteiger partial charge in [-0.3, -0.25) is 10.1 Å². The first-order valence-corrected chi connectivity index (χ1v) is 6.20. The Morgan fingerprint density at radius 3 is 2.84 bits per heavy atom. The molecule has 2 rings (SSSR count). The van der Waals surface area contributed by atoms with Gasteiger partial charge in [0.25, 0.3) is 5.69 Å². The van der Waals surface area contributed by atoms with Crippen molar-refractivity contribution in [2.45, 2.75) is 19.4 Å². The maximum atomic E-state index is 10.7. The van der Waals surface area contributed by atoms with Crippen LogP contribution in [0.1, 0.15) is 18.9 Å². The minimum absolute atomic E-state index is 0.0605. The van der Waals surface area contributed by atoms with Crippen LogP contribution < -0.4 is 10.6 Å². The van der Waals surface area contributed by atoms with Crippen LogP contribution in [0.2, 0.25) is 0 Å². The largest absolute Gasteiger partial charge is 0.369 e. The van der Waals surface area contributed by atoms with Crippen LogP contribution in [-0.2, 0) is 0 Å². The second kappa shape index (κ2) is 5.24. The number of nitro benzene ring substituents is 1. The molecule has 1 aromatic rings. The van der Waals surface area contributed by atoms with Crippen molar-refractivity contribution in [3.63, 3.8) is 0 Å². The van der Waals surface area contributed by atoms with Gasteiger partial charge in [0.1, 0.15) is 6.07 Å². The van der Waals surface area contributed by atoms with E-state index in [9.17, 15) is 10.1 Å². The molecular weight excluding hydrogens is 244 g/mol. The van der Waals surface area contributed by atoms with Crippen LogP contribution in [0.3, 0.4) is 0 Å². The quantitative estimate of drug-likeness (QED) is 0.644. The third-order valence-corrected chi connectivity index (χ3v) is 3.34. The average Bonchev–Trinajstić information content (AvgIpc) is 2.36. The van der Waals surface area contributed by atoms with Crippen LogP contribution in [0.4, 0.5) is 11.4 Å². The molecule has 1 heterocycles. The van der Waals surface area contributed by atoms with E-state index in [2.05, 4.69) is 6.92 Å². The first-order valence-electron chi connectivity index (χ1n) is 6.20. The fourth-order valence-electron chi connectivity index (χ4n) is 2.60. The number of hydrogen-bond acceptors (Lipinski definition) is 5. The summed E-state index contributed by atoms with van der Waals surface area (Å²) in [4.78, 5) is 12.3. The van der Waals surface area contributed by atoms with E-state index in [0.29, 0.717) is 18.0 Å². The Morgan fingerprint density at radius 2 is 2.26 bits per heavy atom. The lowest BCUT2D eigenvalue weighted by atomic mass is 9.95. The third kappa shape index (κ3) is 2.83. The fraction of sp³-hybridized carbons (Fsp3) is 0.462. The number of nitriles is 1. The van der Waals surface area contributed by atoms with Gasteiger partial charge in [-0.2, -0.15) is 5.26 Å². The molecule has 1 saturated heterocycles. The van der Waals surface area contributed by atoms with Gasteiger partial charge in [0.15, 0.2) is 0 Å². The molecule has 0 spiro atoms. The monoisotopic (exact) mass is 260 g/mol. The van der Waals surface area contributed by atoms with E-state index >= 15 is 0 Å². The van der Waals surface area contributed by atoms with Crippen molar-refractivity contribution in [1.82, 2.24) is 0 Å². The molecule has 19 heavy (non-hydrogen) atoms. The lowest BCUT2D eigenvalue weighted by molar-refractivity contribution is -0.384. The topological polar surface area (TPSA) is 96.2 Å². The van der Waals surface area contributed by atoms with Crippen molar-refractivity contribution in [3.8, 4) is 6.07 Å². The Morgan fingerprint density at radius 1 is 1.53 bits per heavy atom. The summed E-state index contributed by atoms with van der Waals surface area (Å²) in [6, 6.07) is 6.50. The zero-order valence-corrected chi connectivity index (χ0v) is 10.7. The van der Waals surface area contributed by atoms with Gasteiger partial charge in [0.2, 0.25) is 0 Å². The predicted molar refractivity (Wildman–Crippen MR) is 71.8 cm³/mol. The van der Waals surface area contributed by atoms with Crippen molar-refractivity contribution in [2.24, 2.45) is 11.7 Å². The first kappa shape index (κ1) is 13.3. The number of hydrogen-bond donors (Lipinski definition) is 1. The van der Waals surface area contributed by atoms with E-state index < -0.39 is 4.92 Å². The second-order valence-electron chi connectivity index (χ2n) is 5.08. The third-order valence-electron chi connectivity index (χ3n) is 3.34. The van der Waals surface area contributed by atoms with Crippen molar-refractivity contribution >= 4 is 11.4 Å². The standard InChI is InChI=1S/C13H16N4O2/c1-9-4-11(15)8-16(7-9)13-3-2-12(17(18)19)5-10(13)6-14/h2-3,5,9,11H,4,7-8,15H2,1H3. The van der Waals surface area contributed by atoms with Gasteiger partial charge in [-0.25, -0.2) is 0 Å². The Hall–Kier alpha value is -2.13. The van der Waals surface area contributed by atoms with Gasteiger partial charge >= 0.3 is 0 Å². The molecule has 100 valence electrons. The number of anilines is 1. The van der Waals surface area contributed by atoms with Crippen molar-refractivity contribution in [1.29, 1.82) is 5.26 Å². The highest BCUT2D eigenvalue weighted by atomic mass is 16.6. The molecule has 6 heteroatoms. The van der Waals surface area contributed by atoms with E-state index in [1.54, 1.807) is 6.07 Å². The van der Waals surface area contributed by atoms with E-state index in [0.717, 1.165) is 18.7 Å². The highest BCUT2D eigenvalue weighted by Crippen LogP contribution is 2.28. The van der Waals surface area contributed by atoms with Gasteiger partial charge in [-0.1, -0.05) is 6.92 Å². The summed E-state index contributed by atoms with van der Waals surface area (Å²) in [5.41, 5.74) is 6.99. The first-order chi connectivity index (χ1) is 9.01. The summed E-state index contributed by atoms with van der Waals surface area (Å²) >= 11 is 0. The number of nitro groups is 1. The maximum Gasteiger partial charge on any atom is 0.270 e. The van der Waals surface area contributed by atoms with Crippen molar-refractivity contribution in [3.05, 3.63) is 33.9 Å². The van der Waals surface area contributed by atoms with E-state index in [4.69, 9.17) is 11.0 Å². The Kier molecular flexibility index (Phi) is 3.67. The normalized spacial score (nSPS) is 22.9. The van der Waals surface area contributed by atoms with Crippen LogP contribution in [-0.4, -0.2) is 24.1 Å². The molecule has 1 fully saturated rings. The predicted octanol–water partition coefficient (Wildman–Crippen LogP) is 1.64. The molecule has 0 aliphatic carbocycles. The SMILES string of the molecule is CC1CC(N)CN(c2ccc([N+](=O)[O-])cc2C#N)C1. The molecule has 2 N–H and O–H groups in total. The van der Waals surface area contributed by atoms with E-state index in [-0.39, 0.29) is 11.7 Å². The second-order valence-corrected chi connectivity index (χ2v) is 5.08. The number of rotatable bonds is 2. The summed E-state index contributed by atoms with van der Waals surface area (Å²) in [6.45, 7) is 3.61. The Labute approximate surface area is 111 Å². The summed E-state index contributed by atoms with van der Waals surface area (Å²) in [6.07, 6.45) is 0.964. The summed E-state index contributed by atoms with van der Waals surface area (Å²) < 4.78 is 0. The minimum atomic E-state index is -0.491. The van der Waals surface area contributed by atoms with Crippen molar-refractivity contribution < 1.29 is 4.92 Å². The Balaban J connectivity index is 2.34. The molecule has 0 amide bonds. The highest BCUT2D eigenvalue weighted by molar-refractivity contribution is 5.63. The van der Waals surface area contributed by atoms with Crippen LogP contribution in [0.15, 0.2) is 18.2 Å². The molecule has 0 radical (unpaired) electrons. The molecule has 1 aliphatic heterocycles. The molecule has 2 atom stereocenters. The minimum Gasteiger partial charge on any atom is -0.369 e. The van der Waals surface area contributed by atoms with Crippen LogP contribution >= 0.6 is 0 Å². The molecule has 0 bridgehead atoms.